The first-order valence-electron chi connectivity index (χ1n) is 6.53. The summed E-state index contributed by atoms with van der Waals surface area (Å²) in [5.74, 6) is 0.778. The van der Waals surface area contributed by atoms with Crippen LogP contribution in [0.25, 0.3) is 0 Å². The highest BCUT2D eigenvalue weighted by Crippen LogP contribution is 2.30. The number of piperidine rings is 1. The average molecular weight is 343 g/mol. The van der Waals surface area contributed by atoms with Crippen LogP contribution in [0.4, 0.5) is 0 Å². The van der Waals surface area contributed by atoms with Crippen LogP contribution in [0.1, 0.15) is 42.4 Å². The summed E-state index contributed by atoms with van der Waals surface area (Å²) in [5, 5.41) is 0. The smallest absolute Gasteiger partial charge is 0.0589 e. The predicted molar refractivity (Wildman–Crippen MR) is 82.9 cm³/mol. The summed E-state index contributed by atoms with van der Waals surface area (Å²) in [6, 6.07) is 7.00. The molecular formula is C15H22IN. The first-order valence-corrected chi connectivity index (χ1v) is 7.78. The third kappa shape index (κ3) is 3.22. The second-order valence-corrected chi connectivity index (χ2v) is 7.03. The Kier molecular flexibility index (Phi) is 4.47. The van der Waals surface area contributed by atoms with Gasteiger partial charge in [-0.2, -0.15) is 0 Å². The van der Waals surface area contributed by atoms with E-state index in [1.54, 1.807) is 5.56 Å². The van der Waals surface area contributed by atoms with E-state index in [0.29, 0.717) is 4.05 Å². The third-order valence-electron chi connectivity index (χ3n) is 4.04. The molecule has 0 bridgehead atoms. The van der Waals surface area contributed by atoms with E-state index in [1.165, 1.54) is 37.1 Å². The minimum Gasteiger partial charge on any atom is -0.292 e. The van der Waals surface area contributed by atoms with Crippen molar-refractivity contribution in [3.05, 3.63) is 34.9 Å². The van der Waals surface area contributed by atoms with Crippen molar-refractivity contribution in [2.45, 2.75) is 43.6 Å². The lowest BCUT2D eigenvalue weighted by molar-refractivity contribution is 0.213. The molecule has 94 valence electrons. The molecule has 0 spiro atoms. The van der Waals surface area contributed by atoms with E-state index >= 15 is 0 Å². The fraction of sp³-hybridized carbons (Fsp3) is 0.600. The van der Waals surface area contributed by atoms with Crippen LogP contribution >= 0.6 is 22.6 Å². The number of halogens is 1. The van der Waals surface area contributed by atoms with Crippen LogP contribution in [0.3, 0.4) is 0 Å². The highest BCUT2D eigenvalue weighted by atomic mass is 127. The van der Waals surface area contributed by atoms with Crippen molar-refractivity contribution in [3.8, 4) is 0 Å². The first-order chi connectivity index (χ1) is 8.08. The third-order valence-corrected chi connectivity index (χ3v) is 4.82. The molecule has 1 aliphatic rings. The zero-order valence-electron chi connectivity index (χ0n) is 11.0. The average Bonchev–Trinajstić information content (AvgIpc) is 2.33. The summed E-state index contributed by atoms with van der Waals surface area (Å²) in [5.41, 5.74) is 4.40. The van der Waals surface area contributed by atoms with Gasteiger partial charge in [0, 0.05) is 0 Å². The summed E-state index contributed by atoms with van der Waals surface area (Å²) in [6.45, 7) is 9.21. The Hall–Kier alpha value is -0.0900. The molecule has 1 atom stereocenters. The molecule has 1 heterocycles. The molecule has 1 aromatic rings. The van der Waals surface area contributed by atoms with E-state index in [-0.39, 0.29) is 0 Å². The summed E-state index contributed by atoms with van der Waals surface area (Å²) >= 11 is 2.52. The zero-order valence-corrected chi connectivity index (χ0v) is 13.2. The molecule has 0 aromatic heterocycles. The minimum absolute atomic E-state index is 0.674. The van der Waals surface area contributed by atoms with Gasteiger partial charge < -0.3 is 0 Å². The second-order valence-electron chi connectivity index (χ2n) is 5.23. The van der Waals surface area contributed by atoms with Gasteiger partial charge in [0.25, 0.3) is 0 Å². The number of hydrogen-bond donors (Lipinski definition) is 0. The topological polar surface area (TPSA) is 3.24 Å². The molecule has 0 aliphatic carbocycles. The van der Waals surface area contributed by atoms with Gasteiger partial charge in [-0.25, -0.2) is 0 Å². The molecule has 1 aliphatic heterocycles. The fourth-order valence-corrected chi connectivity index (χ4v) is 3.16. The maximum Gasteiger partial charge on any atom is 0.0589 e. The van der Waals surface area contributed by atoms with Crippen LogP contribution < -0.4 is 0 Å². The monoisotopic (exact) mass is 343 g/mol. The molecule has 0 amide bonds. The number of aryl methyl sites for hydroxylation is 2. The van der Waals surface area contributed by atoms with Crippen molar-refractivity contribution >= 4 is 22.6 Å². The molecule has 1 saturated heterocycles. The number of benzene rings is 1. The van der Waals surface area contributed by atoms with E-state index in [0.717, 1.165) is 5.92 Å². The molecular weight excluding hydrogens is 321 g/mol. The molecule has 17 heavy (non-hydrogen) atoms. The van der Waals surface area contributed by atoms with Gasteiger partial charge in [0.05, 0.1) is 4.05 Å². The highest BCUT2D eigenvalue weighted by Gasteiger charge is 2.22. The molecule has 1 aromatic carbocycles. The number of rotatable bonds is 2. The molecule has 1 unspecified atom stereocenters. The van der Waals surface area contributed by atoms with Crippen LogP contribution in [0.5, 0.6) is 0 Å². The molecule has 0 radical (unpaired) electrons. The van der Waals surface area contributed by atoms with Crippen molar-refractivity contribution in [3.63, 3.8) is 0 Å². The number of nitrogens with zero attached hydrogens (tertiary/aromatic N) is 1. The SMILES string of the molecule is Cc1ccc(C2CCN(C(C)I)CC2)cc1C. The van der Waals surface area contributed by atoms with Gasteiger partial charge in [-0.1, -0.05) is 40.8 Å². The number of hydrogen-bond acceptors (Lipinski definition) is 1. The van der Waals surface area contributed by atoms with Gasteiger partial charge >= 0.3 is 0 Å². The summed E-state index contributed by atoms with van der Waals surface area (Å²) < 4.78 is 0.674. The van der Waals surface area contributed by atoms with E-state index in [9.17, 15) is 0 Å². The van der Waals surface area contributed by atoms with Gasteiger partial charge in [0.2, 0.25) is 0 Å². The minimum atomic E-state index is 0.674. The maximum atomic E-state index is 2.58. The maximum absolute atomic E-state index is 2.58. The second kappa shape index (κ2) is 5.70. The van der Waals surface area contributed by atoms with E-state index in [4.69, 9.17) is 0 Å². The van der Waals surface area contributed by atoms with Crippen LogP contribution in [0.2, 0.25) is 0 Å². The predicted octanol–water partition coefficient (Wildman–Crippen LogP) is 4.26. The van der Waals surface area contributed by atoms with E-state index < -0.39 is 0 Å². The lowest BCUT2D eigenvalue weighted by atomic mass is 9.88. The number of alkyl halides is 1. The van der Waals surface area contributed by atoms with Crippen LogP contribution in [-0.4, -0.2) is 22.0 Å². The van der Waals surface area contributed by atoms with Crippen LogP contribution in [0.15, 0.2) is 18.2 Å². The quantitative estimate of drug-likeness (QED) is 0.441. The van der Waals surface area contributed by atoms with Crippen LogP contribution in [0, 0.1) is 13.8 Å². The van der Waals surface area contributed by atoms with E-state index in [2.05, 4.69) is 66.5 Å². The number of likely N-dealkylation sites (tertiary alicyclic amines) is 1. The van der Waals surface area contributed by atoms with Crippen molar-refractivity contribution in [1.82, 2.24) is 4.90 Å². The molecule has 0 saturated carbocycles. The lowest BCUT2D eigenvalue weighted by Crippen LogP contribution is -2.36. The molecule has 2 rings (SSSR count). The van der Waals surface area contributed by atoms with Crippen molar-refractivity contribution in [1.29, 1.82) is 0 Å². The summed E-state index contributed by atoms with van der Waals surface area (Å²) in [6.07, 6.45) is 2.63. The Balaban J connectivity index is 2.03. The Bertz CT molecular complexity index is 379. The molecule has 0 N–H and O–H groups in total. The van der Waals surface area contributed by atoms with Crippen molar-refractivity contribution in [2.24, 2.45) is 0 Å². The van der Waals surface area contributed by atoms with Gasteiger partial charge in [-0.3, -0.25) is 4.90 Å². The van der Waals surface area contributed by atoms with Crippen molar-refractivity contribution in [2.75, 3.05) is 13.1 Å². The molecule has 1 fully saturated rings. The lowest BCUT2D eigenvalue weighted by Gasteiger charge is -2.34. The van der Waals surface area contributed by atoms with Crippen molar-refractivity contribution < 1.29 is 0 Å². The molecule has 2 heteroatoms. The van der Waals surface area contributed by atoms with Gasteiger partial charge in [0.15, 0.2) is 0 Å². The Morgan fingerprint density at radius 3 is 2.35 bits per heavy atom. The van der Waals surface area contributed by atoms with Crippen LogP contribution in [-0.2, 0) is 0 Å². The standard InChI is InChI=1S/C15H22IN/c1-11-4-5-15(10-12(11)2)14-6-8-17(9-7-14)13(3)16/h4-5,10,13-14H,6-9H2,1-3H3. The van der Waals surface area contributed by atoms with Gasteiger partial charge in [0.1, 0.15) is 0 Å². The normalized spacial score (nSPS) is 20.5. The Morgan fingerprint density at radius 1 is 1.18 bits per heavy atom. The zero-order chi connectivity index (χ0) is 12.4. The fourth-order valence-electron chi connectivity index (χ4n) is 2.61. The first kappa shape index (κ1) is 13.3. The van der Waals surface area contributed by atoms with Gasteiger partial charge in [-0.05, 0) is 69.3 Å². The largest absolute Gasteiger partial charge is 0.292 e. The summed E-state index contributed by atoms with van der Waals surface area (Å²) in [7, 11) is 0. The summed E-state index contributed by atoms with van der Waals surface area (Å²) in [4.78, 5) is 2.58. The Morgan fingerprint density at radius 2 is 1.82 bits per heavy atom. The van der Waals surface area contributed by atoms with E-state index in [1.807, 2.05) is 0 Å². The van der Waals surface area contributed by atoms with Gasteiger partial charge in [-0.15, -0.1) is 0 Å². The Labute approximate surface area is 119 Å². The highest BCUT2D eigenvalue weighted by molar-refractivity contribution is 14.1. The molecule has 1 nitrogen and oxygen atoms in total.